The average molecular weight is 332 g/mol. The van der Waals surface area contributed by atoms with E-state index in [1.807, 2.05) is 6.92 Å². The fourth-order valence-corrected chi connectivity index (χ4v) is 2.68. The topological polar surface area (TPSA) is 61.8 Å². The molecule has 1 atom stereocenters. The Balaban J connectivity index is 1.87. The number of nitrogens with one attached hydrogen (secondary N) is 1. The van der Waals surface area contributed by atoms with Gasteiger partial charge in [0.1, 0.15) is 5.75 Å². The van der Waals surface area contributed by atoms with E-state index in [9.17, 15) is 18.0 Å². The van der Waals surface area contributed by atoms with Gasteiger partial charge in [-0.25, -0.2) is 0 Å². The molecule has 0 radical (unpaired) electrons. The second-order valence-corrected chi connectivity index (χ2v) is 5.96. The highest BCUT2D eigenvalue weighted by molar-refractivity contribution is 5.69. The Kier molecular flexibility index (Phi) is 5.16. The highest BCUT2D eigenvalue weighted by Gasteiger charge is 2.34. The Labute approximate surface area is 132 Å². The lowest BCUT2D eigenvalue weighted by Crippen LogP contribution is -2.46. The number of carbonyl (C=O) groups is 1. The first-order chi connectivity index (χ1) is 10.7. The maximum atomic E-state index is 12.1. The Morgan fingerprint density at radius 1 is 1.39 bits per heavy atom. The standard InChI is InChI=1S/C15H19F3N2O3/c1-14(19-8-13(21)22)6-7-20(10-14)9-11-2-4-12(5-3-11)23-15(16,17)18/h2-5,19H,6-10H2,1H3,(H,21,22)/t14-/m0/s1. The number of aliphatic carboxylic acids is 1. The van der Waals surface area contributed by atoms with Crippen molar-refractivity contribution in [2.45, 2.75) is 31.8 Å². The number of hydrogen-bond acceptors (Lipinski definition) is 4. The van der Waals surface area contributed by atoms with Crippen LogP contribution in [0.2, 0.25) is 0 Å². The number of nitrogens with zero attached hydrogens (tertiary/aromatic N) is 1. The molecule has 1 heterocycles. The minimum atomic E-state index is -4.69. The second kappa shape index (κ2) is 6.76. The van der Waals surface area contributed by atoms with Crippen LogP contribution < -0.4 is 10.1 Å². The monoisotopic (exact) mass is 332 g/mol. The lowest BCUT2D eigenvalue weighted by Gasteiger charge is -2.25. The van der Waals surface area contributed by atoms with E-state index in [0.717, 1.165) is 18.5 Å². The van der Waals surface area contributed by atoms with Crippen molar-refractivity contribution in [3.63, 3.8) is 0 Å². The van der Waals surface area contributed by atoms with Gasteiger partial charge >= 0.3 is 12.3 Å². The molecule has 5 nitrogen and oxygen atoms in total. The van der Waals surface area contributed by atoms with Crippen LogP contribution in [0.1, 0.15) is 18.9 Å². The third kappa shape index (κ3) is 5.72. The summed E-state index contributed by atoms with van der Waals surface area (Å²) in [5.41, 5.74) is 0.611. The highest BCUT2D eigenvalue weighted by Crippen LogP contribution is 2.25. The number of likely N-dealkylation sites (tertiary alicyclic amines) is 1. The van der Waals surface area contributed by atoms with E-state index in [0.29, 0.717) is 13.1 Å². The van der Waals surface area contributed by atoms with E-state index in [1.165, 1.54) is 12.1 Å². The molecule has 0 spiro atoms. The molecule has 0 aliphatic carbocycles. The van der Waals surface area contributed by atoms with Crippen LogP contribution >= 0.6 is 0 Å². The van der Waals surface area contributed by atoms with Crippen molar-refractivity contribution in [1.29, 1.82) is 0 Å². The van der Waals surface area contributed by atoms with Crippen LogP contribution in [-0.4, -0.2) is 47.5 Å². The summed E-state index contributed by atoms with van der Waals surface area (Å²) in [5.74, 6) is -1.14. The third-order valence-electron chi connectivity index (χ3n) is 3.78. The van der Waals surface area contributed by atoms with Crippen molar-refractivity contribution in [2.24, 2.45) is 0 Å². The molecule has 1 fully saturated rings. The van der Waals surface area contributed by atoms with E-state index >= 15 is 0 Å². The minimum Gasteiger partial charge on any atom is -0.480 e. The van der Waals surface area contributed by atoms with Crippen molar-refractivity contribution >= 4 is 5.97 Å². The van der Waals surface area contributed by atoms with Crippen molar-refractivity contribution in [3.8, 4) is 5.75 Å². The predicted molar refractivity (Wildman–Crippen MR) is 77.1 cm³/mol. The van der Waals surface area contributed by atoms with E-state index in [2.05, 4.69) is 15.0 Å². The molecular weight excluding hydrogens is 313 g/mol. The van der Waals surface area contributed by atoms with Gasteiger partial charge in [-0.1, -0.05) is 12.1 Å². The zero-order chi connectivity index (χ0) is 17.1. The molecule has 1 saturated heterocycles. The number of hydrogen-bond donors (Lipinski definition) is 2. The number of halogens is 3. The molecule has 0 aromatic heterocycles. The van der Waals surface area contributed by atoms with Gasteiger partial charge in [-0.2, -0.15) is 0 Å². The van der Waals surface area contributed by atoms with Gasteiger partial charge < -0.3 is 15.2 Å². The van der Waals surface area contributed by atoms with Crippen LogP contribution in [0.3, 0.4) is 0 Å². The zero-order valence-corrected chi connectivity index (χ0v) is 12.7. The summed E-state index contributed by atoms with van der Waals surface area (Å²) in [4.78, 5) is 12.8. The Hall–Kier alpha value is -1.80. The minimum absolute atomic E-state index is 0.0895. The summed E-state index contributed by atoms with van der Waals surface area (Å²) >= 11 is 0. The highest BCUT2D eigenvalue weighted by atomic mass is 19.4. The van der Waals surface area contributed by atoms with Crippen molar-refractivity contribution in [3.05, 3.63) is 29.8 Å². The molecular formula is C15H19F3N2O3. The van der Waals surface area contributed by atoms with Crippen LogP contribution in [0.4, 0.5) is 13.2 Å². The van der Waals surface area contributed by atoms with Crippen molar-refractivity contribution in [1.82, 2.24) is 10.2 Å². The Bertz CT molecular complexity index is 548. The number of alkyl halides is 3. The van der Waals surface area contributed by atoms with Crippen LogP contribution in [0.5, 0.6) is 5.75 Å². The van der Waals surface area contributed by atoms with Gasteiger partial charge in [0.25, 0.3) is 0 Å². The van der Waals surface area contributed by atoms with E-state index in [-0.39, 0.29) is 17.8 Å². The Morgan fingerprint density at radius 2 is 2.04 bits per heavy atom. The quantitative estimate of drug-likeness (QED) is 0.836. The van der Waals surface area contributed by atoms with Gasteiger partial charge in [0.05, 0.1) is 6.54 Å². The average Bonchev–Trinajstić information content (AvgIpc) is 2.79. The summed E-state index contributed by atoms with van der Waals surface area (Å²) in [6, 6.07) is 5.78. The molecule has 0 amide bonds. The SMILES string of the molecule is C[C@]1(NCC(=O)O)CCN(Cc2ccc(OC(F)(F)F)cc2)C1. The van der Waals surface area contributed by atoms with Gasteiger partial charge in [0.2, 0.25) is 0 Å². The fourth-order valence-electron chi connectivity index (χ4n) is 2.68. The maximum Gasteiger partial charge on any atom is 0.573 e. The molecule has 1 aromatic carbocycles. The lowest BCUT2D eigenvalue weighted by molar-refractivity contribution is -0.274. The number of ether oxygens (including phenoxy) is 1. The third-order valence-corrected chi connectivity index (χ3v) is 3.78. The van der Waals surface area contributed by atoms with Crippen molar-refractivity contribution < 1.29 is 27.8 Å². The maximum absolute atomic E-state index is 12.1. The van der Waals surface area contributed by atoms with Gasteiger partial charge in [-0.3, -0.25) is 9.69 Å². The van der Waals surface area contributed by atoms with Crippen LogP contribution in [0.25, 0.3) is 0 Å². The lowest BCUT2D eigenvalue weighted by atomic mass is 10.0. The summed E-state index contributed by atoms with van der Waals surface area (Å²) in [7, 11) is 0. The van der Waals surface area contributed by atoms with Gasteiger partial charge in [-0.15, -0.1) is 13.2 Å². The largest absolute Gasteiger partial charge is 0.573 e. The van der Waals surface area contributed by atoms with Crippen LogP contribution in [-0.2, 0) is 11.3 Å². The van der Waals surface area contributed by atoms with Gasteiger partial charge in [0.15, 0.2) is 0 Å². The molecule has 128 valence electrons. The molecule has 23 heavy (non-hydrogen) atoms. The smallest absolute Gasteiger partial charge is 0.480 e. The predicted octanol–water partition coefficient (Wildman–Crippen LogP) is 2.22. The zero-order valence-electron chi connectivity index (χ0n) is 12.7. The van der Waals surface area contributed by atoms with Crippen molar-refractivity contribution in [2.75, 3.05) is 19.6 Å². The first-order valence-corrected chi connectivity index (χ1v) is 7.19. The molecule has 1 aliphatic rings. The van der Waals surface area contributed by atoms with Gasteiger partial charge in [0, 0.05) is 25.2 Å². The number of carboxylic acid groups (broad SMARTS) is 1. The Morgan fingerprint density at radius 3 is 2.61 bits per heavy atom. The first-order valence-electron chi connectivity index (χ1n) is 7.19. The number of benzene rings is 1. The molecule has 0 saturated carbocycles. The van der Waals surface area contributed by atoms with Gasteiger partial charge in [-0.05, 0) is 31.0 Å². The molecule has 2 N–H and O–H groups in total. The fraction of sp³-hybridized carbons (Fsp3) is 0.533. The van der Waals surface area contributed by atoms with Crippen LogP contribution in [0, 0.1) is 0 Å². The summed E-state index contributed by atoms with van der Waals surface area (Å²) < 4.78 is 40.1. The summed E-state index contributed by atoms with van der Waals surface area (Å²) in [6.45, 7) is 3.95. The van der Waals surface area contributed by atoms with E-state index in [4.69, 9.17) is 5.11 Å². The number of rotatable bonds is 6. The molecule has 0 bridgehead atoms. The molecule has 0 unspecified atom stereocenters. The second-order valence-electron chi connectivity index (χ2n) is 5.96. The van der Waals surface area contributed by atoms with E-state index < -0.39 is 12.3 Å². The van der Waals surface area contributed by atoms with Crippen LogP contribution in [0.15, 0.2) is 24.3 Å². The first kappa shape index (κ1) is 17.6. The molecule has 8 heteroatoms. The summed E-state index contributed by atoms with van der Waals surface area (Å²) in [5, 5.41) is 11.7. The molecule has 1 aliphatic heterocycles. The molecule has 1 aromatic rings. The van der Waals surface area contributed by atoms with E-state index in [1.54, 1.807) is 12.1 Å². The summed E-state index contributed by atoms with van der Waals surface area (Å²) in [6.07, 6.45) is -3.87. The normalized spacial score (nSPS) is 22.3. The molecule has 2 rings (SSSR count). The number of carboxylic acids is 1.